The molecule has 1 unspecified atom stereocenters. The molecule has 3 aliphatic rings. The van der Waals surface area contributed by atoms with Crippen LogP contribution in [-0.2, 0) is 16.0 Å². The van der Waals surface area contributed by atoms with Gasteiger partial charge in [-0.1, -0.05) is 18.2 Å². The van der Waals surface area contributed by atoms with Crippen molar-refractivity contribution in [3.8, 4) is 5.75 Å². The number of carboxylic acids is 1. The summed E-state index contributed by atoms with van der Waals surface area (Å²) in [5, 5.41) is 10.8. The summed E-state index contributed by atoms with van der Waals surface area (Å²) < 4.78 is 43.5. The van der Waals surface area contributed by atoms with Gasteiger partial charge in [0.25, 0.3) is 0 Å². The van der Waals surface area contributed by atoms with Gasteiger partial charge >= 0.3 is 12.1 Å². The van der Waals surface area contributed by atoms with Gasteiger partial charge in [0.2, 0.25) is 5.96 Å². The summed E-state index contributed by atoms with van der Waals surface area (Å²) in [6.07, 6.45) is 5.19. The highest BCUT2D eigenvalue weighted by molar-refractivity contribution is 5.85. The van der Waals surface area contributed by atoms with Gasteiger partial charge in [-0.2, -0.15) is 13.2 Å². The van der Waals surface area contributed by atoms with Crippen molar-refractivity contribution in [2.24, 2.45) is 4.99 Å². The maximum atomic E-state index is 10.6. The number of guanidine groups is 1. The molecule has 2 N–H and O–H groups in total. The topological polar surface area (TPSA) is 112 Å². The fourth-order valence-electron chi connectivity index (χ4n) is 5.17. The number of aromatic nitrogens is 2. The minimum atomic E-state index is -5.08. The first-order valence-electron chi connectivity index (χ1n) is 14.3. The molecule has 1 atom stereocenters. The number of hydrogen-bond acceptors (Lipinski definition) is 9. The maximum absolute atomic E-state index is 10.6. The van der Waals surface area contributed by atoms with Gasteiger partial charge in [-0.25, -0.2) is 9.79 Å². The fourth-order valence-corrected chi connectivity index (χ4v) is 5.17. The highest BCUT2D eigenvalue weighted by Gasteiger charge is 2.38. The number of aliphatic carboxylic acids is 1. The molecule has 3 aromatic rings. The SMILES string of the molecule is O=C(O)C(F)(F)F.c1cncc(CCCOc2cccc(C3N=C(N4CCOCC4)NC4=C3CCN4c3ccncc3)c2)c1. The van der Waals surface area contributed by atoms with Crippen molar-refractivity contribution < 1.29 is 32.5 Å². The number of pyridine rings is 2. The van der Waals surface area contributed by atoms with Crippen LogP contribution in [0, 0.1) is 0 Å². The van der Waals surface area contributed by atoms with E-state index in [2.05, 4.69) is 61.5 Å². The number of benzene rings is 1. The summed E-state index contributed by atoms with van der Waals surface area (Å²) in [7, 11) is 0. The molecule has 1 saturated heterocycles. The number of rotatable bonds is 7. The zero-order chi connectivity index (χ0) is 30.9. The Morgan fingerprint density at radius 2 is 1.82 bits per heavy atom. The van der Waals surface area contributed by atoms with Gasteiger partial charge in [0.1, 0.15) is 17.6 Å². The molecule has 0 bridgehead atoms. The second kappa shape index (κ2) is 14.2. The molecule has 0 saturated carbocycles. The first kappa shape index (κ1) is 30.8. The Labute approximate surface area is 252 Å². The lowest BCUT2D eigenvalue weighted by molar-refractivity contribution is -0.192. The predicted molar refractivity (Wildman–Crippen MR) is 157 cm³/mol. The smallest absolute Gasteiger partial charge is 0.490 e. The number of halogens is 3. The van der Waals surface area contributed by atoms with E-state index in [1.54, 1.807) is 6.20 Å². The Kier molecular flexibility index (Phi) is 9.95. The number of nitrogens with zero attached hydrogens (tertiary/aromatic N) is 5. The molecule has 44 heavy (non-hydrogen) atoms. The molecule has 1 aromatic carbocycles. The molecule has 3 aliphatic heterocycles. The van der Waals surface area contributed by atoms with E-state index in [-0.39, 0.29) is 6.04 Å². The average Bonchev–Trinajstić information content (AvgIpc) is 3.48. The number of anilines is 1. The van der Waals surface area contributed by atoms with Crippen LogP contribution in [0.5, 0.6) is 5.75 Å². The van der Waals surface area contributed by atoms with Crippen LogP contribution in [0.4, 0.5) is 18.9 Å². The molecule has 5 heterocycles. The number of nitrogens with one attached hydrogen (secondary N) is 1. The second-order valence-corrected chi connectivity index (χ2v) is 10.2. The molecular weight excluding hydrogens is 577 g/mol. The Balaban J connectivity index is 0.000000493. The van der Waals surface area contributed by atoms with E-state index in [0.29, 0.717) is 19.8 Å². The number of morpholine rings is 1. The predicted octanol–water partition coefficient (Wildman–Crippen LogP) is 4.58. The Morgan fingerprint density at radius 1 is 1.05 bits per heavy atom. The zero-order valence-electron chi connectivity index (χ0n) is 23.9. The highest BCUT2D eigenvalue weighted by Crippen LogP contribution is 2.40. The number of ether oxygens (including phenoxy) is 2. The van der Waals surface area contributed by atoms with Gasteiger partial charge in [0, 0.05) is 55.7 Å². The lowest BCUT2D eigenvalue weighted by Crippen LogP contribution is -2.50. The molecule has 1 fully saturated rings. The van der Waals surface area contributed by atoms with E-state index in [1.165, 1.54) is 11.1 Å². The van der Waals surface area contributed by atoms with Gasteiger partial charge in [-0.15, -0.1) is 0 Å². The van der Waals surface area contributed by atoms with Crippen LogP contribution < -0.4 is 15.0 Å². The van der Waals surface area contributed by atoms with Crippen LogP contribution in [0.25, 0.3) is 0 Å². The lowest BCUT2D eigenvalue weighted by Gasteiger charge is -2.36. The molecular formula is C31H33F3N6O4. The normalized spacial score (nSPS) is 18.1. The third-order valence-electron chi connectivity index (χ3n) is 7.29. The van der Waals surface area contributed by atoms with Crippen molar-refractivity contribution in [1.82, 2.24) is 20.2 Å². The van der Waals surface area contributed by atoms with Crippen molar-refractivity contribution in [2.75, 3.05) is 44.4 Å². The molecule has 232 valence electrons. The Morgan fingerprint density at radius 3 is 2.52 bits per heavy atom. The number of aryl methyl sites for hydroxylation is 1. The monoisotopic (exact) mass is 610 g/mol. The van der Waals surface area contributed by atoms with E-state index < -0.39 is 12.1 Å². The van der Waals surface area contributed by atoms with Crippen LogP contribution in [0.3, 0.4) is 0 Å². The van der Waals surface area contributed by atoms with Crippen molar-refractivity contribution in [3.63, 3.8) is 0 Å². The zero-order valence-corrected chi connectivity index (χ0v) is 23.9. The Bertz CT molecular complexity index is 1460. The van der Waals surface area contributed by atoms with Crippen molar-refractivity contribution in [1.29, 1.82) is 0 Å². The van der Waals surface area contributed by atoms with E-state index in [1.807, 2.05) is 30.7 Å². The molecule has 10 nitrogen and oxygen atoms in total. The van der Waals surface area contributed by atoms with Crippen molar-refractivity contribution >= 4 is 17.6 Å². The molecule has 6 rings (SSSR count). The summed E-state index contributed by atoms with van der Waals surface area (Å²) in [5.74, 6) is 0.176. The third kappa shape index (κ3) is 7.84. The number of alkyl halides is 3. The third-order valence-corrected chi connectivity index (χ3v) is 7.29. The van der Waals surface area contributed by atoms with E-state index in [9.17, 15) is 13.2 Å². The van der Waals surface area contributed by atoms with Crippen LogP contribution >= 0.6 is 0 Å². The van der Waals surface area contributed by atoms with Crippen LogP contribution in [-0.4, -0.2) is 77.5 Å². The minimum absolute atomic E-state index is 0.0557. The first-order valence-corrected chi connectivity index (χ1v) is 14.3. The summed E-state index contributed by atoms with van der Waals surface area (Å²) in [5.41, 5.74) is 4.84. The number of carboxylic acid groups (broad SMARTS) is 1. The molecule has 13 heteroatoms. The van der Waals surface area contributed by atoms with Gasteiger partial charge in [-0.05, 0) is 60.7 Å². The lowest BCUT2D eigenvalue weighted by atomic mass is 9.97. The van der Waals surface area contributed by atoms with Crippen molar-refractivity contribution in [3.05, 3.63) is 95.8 Å². The van der Waals surface area contributed by atoms with Crippen LogP contribution in [0.1, 0.15) is 30.0 Å². The highest BCUT2D eigenvalue weighted by atomic mass is 19.4. The summed E-state index contributed by atoms with van der Waals surface area (Å²) in [6.45, 7) is 4.67. The summed E-state index contributed by atoms with van der Waals surface area (Å²) in [6, 6.07) is 16.6. The quantitative estimate of drug-likeness (QED) is 0.372. The average molecular weight is 611 g/mol. The number of hydrogen-bond donors (Lipinski definition) is 2. The standard InChI is InChI=1S/C29H32N6O2.C2HF3O2/c1-6-23(20-25(7-1)37-17-3-5-22-4-2-11-31-21-22)27-26-10-14-35(24-8-12-30-13-9-24)28(26)33-29(32-27)34-15-18-36-19-16-34;3-2(4,5)1(6)7/h1-2,4,6-9,11-13,20-21,27H,3,5,10,14-19H2,(H,32,33);(H,6,7). The molecule has 0 radical (unpaired) electrons. The number of carbonyl (C=O) groups is 1. The molecule has 2 aromatic heterocycles. The largest absolute Gasteiger partial charge is 0.494 e. The van der Waals surface area contributed by atoms with E-state index in [4.69, 9.17) is 24.4 Å². The Hall–Kier alpha value is -4.65. The fraction of sp³-hybridized carbons (Fsp3) is 0.355. The van der Waals surface area contributed by atoms with Crippen LogP contribution in [0.2, 0.25) is 0 Å². The van der Waals surface area contributed by atoms with Crippen LogP contribution in [0.15, 0.2) is 89.7 Å². The van der Waals surface area contributed by atoms with E-state index >= 15 is 0 Å². The van der Waals surface area contributed by atoms with E-state index in [0.717, 1.165) is 67.7 Å². The van der Waals surface area contributed by atoms with Crippen molar-refractivity contribution in [2.45, 2.75) is 31.5 Å². The molecule has 0 spiro atoms. The molecule has 0 amide bonds. The minimum Gasteiger partial charge on any atom is -0.494 e. The summed E-state index contributed by atoms with van der Waals surface area (Å²) in [4.78, 5) is 27.2. The van der Waals surface area contributed by atoms with Gasteiger partial charge in [0.15, 0.2) is 0 Å². The second-order valence-electron chi connectivity index (χ2n) is 10.2. The van der Waals surface area contributed by atoms with Gasteiger partial charge in [-0.3, -0.25) is 9.97 Å². The van der Waals surface area contributed by atoms with Gasteiger partial charge in [0.05, 0.1) is 19.8 Å². The molecule has 0 aliphatic carbocycles. The maximum Gasteiger partial charge on any atom is 0.490 e. The first-order chi connectivity index (χ1) is 21.3. The summed E-state index contributed by atoms with van der Waals surface area (Å²) >= 11 is 0. The van der Waals surface area contributed by atoms with Gasteiger partial charge < -0.3 is 29.7 Å². The number of aliphatic imine (C=N–C) groups is 1.